The second-order valence-corrected chi connectivity index (χ2v) is 6.81. The number of alkyl halides is 6. The third-order valence-electron chi connectivity index (χ3n) is 4.62. The number of hydrogen-bond acceptors (Lipinski definition) is 2. The Labute approximate surface area is 163 Å². The van der Waals surface area contributed by atoms with Gasteiger partial charge in [-0.2, -0.15) is 26.3 Å². The largest absolute Gasteiger partial charge is 0.433 e. The molecule has 2 aromatic carbocycles. The van der Waals surface area contributed by atoms with Crippen molar-refractivity contribution in [2.24, 2.45) is 0 Å². The zero-order chi connectivity index (χ0) is 21.2. The summed E-state index contributed by atoms with van der Waals surface area (Å²) in [7, 11) is 0. The second-order valence-electron chi connectivity index (χ2n) is 6.81. The first kappa shape index (κ1) is 21.1. The second kappa shape index (κ2) is 8.02. The van der Waals surface area contributed by atoms with E-state index in [1.807, 2.05) is 30.3 Å². The summed E-state index contributed by atoms with van der Waals surface area (Å²) in [5, 5.41) is 3.21. The first-order valence-electron chi connectivity index (χ1n) is 8.90. The maximum Gasteiger partial charge on any atom is 0.433 e. The monoisotopic (exact) mass is 412 g/mol. The lowest BCUT2D eigenvalue weighted by Crippen LogP contribution is -2.21. The van der Waals surface area contributed by atoms with Crippen molar-refractivity contribution in [2.75, 3.05) is 6.54 Å². The molecule has 1 aromatic heterocycles. The molecule has 1 heterocycles. The molecule has 3 rings (SSSR count). The van der Waals surface area contributed by atoms with Gasteiger partial charge in [0.2, 0.25) is 0 Å². The van der Waals surface area contributed by atoms with E-state index in [2.05, 4.69) is 10.3 Å². The Morgan fingerprint density at radius 2 is 1.59 bits per heavy atom. The van der Waals surface area contributed by atoms with Crippen LogP contribution in [0.3, 0.4) is 0 Å². The Balaban J connectivity index is 1.99. The maximum absolute atomic E-state index is 13.3. The SMILES string of the molecule is CC(CNCc1ccccc1)c1cc(C(F)(F)F)nc2c(C(F)(F)F)cccc12. The van der Waals surface area contributed by atoms with Gasteiger partial charge < -0.3 is 5.32 Å². The van der Waals surface area contributed by atoms with Crippen LogP contribution < -0.4 is 5.32 Å². The van der Waals surface area contributed by atoms with E-state index in [-0.39, 0.29) is 10.9 Å². The summed E-state index contributed by atoms with van der Waals surface area (Å²) in [6.45, 7) is 2.46. The maximum atomic E-state index is 13.3. The minimum atomic E-state index is -4.85. The smallest absolute Gasteiger partial charge is 0.312 e. The molecule has 0 saturated carbocycles. The highest BCUT2D eigenvalue weighted by atomic mass is 19.4. The highest BCUT2D eigenvalue weighted by molar-refractivity contribution is 5.86. The van der Waals surface area contributed by atoms with Crippen LogP contribution in [0.1, 0.15) is 35.2 Å². The fourth-order valence-electron chi connectivity index (χ4n) is 3.20. The summed E-state index contributed by atoms with van der Waals surface area (Å²) < 4.78 is 79.9. The molecule has 1 N–H and O–H groups in total. The minimum Gasteiger partial charge on any atom is -0.312 e. The molecule has 0 aliphatic heterocycles. The Kier molecular flexibility index (Phi) is 5.84. The average molecular weight is 412 g/mol. The fraction of sp³-hybridized carbons (Fsp3) is 0.286. The minimum absolute atomic E-state index is 0.0711. The number of aromatic nitrogens is 1. The standard InChI is InChI=1S/C21H18F6N2/c1-13(11-28-12-14-6-3-2-4-7-14)16-10-18(21(25,26)27)29-19-15(16)8-5-9-17(19)20(22,23)24/h2-10,13,28H,11-12H2,1H3. The van der Waals surface area contributed by atoms with Crippen molar-refractivity contribution in [3.8, 4) is 0 Å². The summed E-state index contributed by atoms with van der Waals surface area (Å²) in [6.07, 6.45) is -9.65. The number of halogens is 6. The van der Waals surface area contributed by atoms with Gasteiger partial charge in [0.15, 0.2) is 0 Å². The van der Waals surface area contributed by atoms with Crippen molar-refractivity contribution >= 4 is 10.9 Å². The van der Waals surface area contributed by atoms with Gasteiger partial charge in [-0.3, -0.25) is 0 Å². The van der Waals surface area contributed by atoms with Crippen LogP contribution in [0.2, 0.25) is 0 Å². The van der Waals surface area contributed by atoms with Gasteiger partial charge in [0, 0.05) is 18.5 Å². The molecule has 0 fully saturated rings. The molecule has 0 bridgehead atoms. The summed E-state index contributed by atoms with van der Waals surface area (Å²) in [5.74, 6) is -0.464. The van der Waals surface area contributed by atoms with Gasteiger partial charge >= 0.3 is 12.4 Å². The third kappa shape index (κ3) is 4.87. The van der Waals surface area contributed by atoms with Crippen LogP contribution in [0, 0.1) is 0 Å². The molecule has 0 aliphatic rings. The quantitative estimate of drug-likeness (QED) is 0.507. The van der Waals surface area contributed by atoms with Crippen LogP contribution in [-0.4, -0.2) is 11.5 Å². The van der Waals surface area contributed by atoms with Crippen LogP contribution in [0.15, 0.2) is 54.6 Å². The molecule has 3 aromatic rings. The number of rotatable bonds is 5. The molecule has 0 amide bonds. The number of pyridine rings is 1. The highest BCUT2D eigenvalue weighted by Gasteiger charge is 2.37. The summed E-state index contributed by atoms with van der Waals surface area (Å²) >= 11 is 0. The van der Waals surface area contributed by atoms with E-state index < -0.39 is 35.0 Å². The highest BCUT2D eigenvalue weighted by Crippen LogP contribution is 2.39. The van der Waals surface area contributed by atoms with Crippen molar-refractivity contribution in [1.29, 1.82) is 0 Å². The summed E-state index contributed by atoms with van der Waals surface area (Å²) in [6, 6.07) is 13.6. The Hall–Kier alpha value is -2.61. The molecule has 1 atom stereocenters. The van der Waals surface area contributed by atoms with Crippen molar-refractivity contribution in [3.05, 3.63) is 77.0 Å². The van der Waals surface area contributed by atoms with E-state index in [0.29, 0.717) is 13.1 Å². The normalized spacial score (nSPS) is 13.6. The molecular weight excluding hydrogens is 394 g/mol. The molecule has 0 aliphatic carbocycles. The van der Waals surface area contributed by atoms with Gasteiger partial charge in [-0.15, -0.1) is 0 Å². The van der Waals surface area contributed by atoms with E-state index in [4.69, 9.17) is 0 Å². The molecule has 0 spiro atoms. The molecule has 0 saturated heterocycles. The number of nitrogens with zero attached hydrogens (tertiary/aromatic N) is 1. The van der Waals surface area contributed by atoms with Gasteiger partial charge in [0.25, 0.3) is 0 Å². The lowest BCUT2D eigenvalue weighted by atomic mass is 9.94. The Bertz CT molecular complexity index is 980. The summed E-state index contributed by atoms with van der Waals surface area (Å²) in [5.41, 5.74) is -2.01. The Morgan fingerprint density at radius 1 is 0.897 bits per heavy atom. The van der Waals surface area contributed by atoms with Gasteiger partial charge in [0.1, 0.15) is 5.69 Å². The fourth-order valence-corrected chi connectivity index (χ4v) is 3.20. The Morgan fingerprint density at radius 3 is 2.21 bits per heavy atom. The lowest BCUT2D eigenvalue weighted by Gasteiger charge is -2.19. The van der Waals surface area contributed by atoms with Gasteiger partial charge in [0.05, 0.1) is 11.1 Å². The van der Waals surface area contributed by atoms with Crippen LogP contribution in [0.25, 0.3) is 10.9 Å². The number of nitrogens with one attached hydrogen (secondary N) is 1. The van der Waals surface area contributed by atoms with Crippen molar-refractivity contribution in [2.45, 2.75) is 31.7 Å². The first-order valence-corrected chi connectivity index (χ1v) is 8.90. The summed E-state index contributed by atoms with van der Waals surface area (Å²) in [4.78, 5) is 3.32. The van der Waals surface area contributed by atoms with Crippen LogP contribution in [0.4, 0.5) is 26.3 Å². The molecule has 154 valence electrons. The number of hydrogen-bond donors (Lipinski definition) is 1. The molecule has 0 radical (unpaired) electrons. The zero-order valence-corrected chi connectivity index (χ0v) is 15.4. The molecule has 2 nitrogen and oxygen atoms in total. The predicted molar refractivity (Wildman–Crippen MR) is 98.3 cm³/mol. The van der Waals surface area contributed by atoms with Gasteiger partial charge in [-0.25, -0.2) is 4.98 Å². The first-order chi connectivity index (χ1) is 13.6. The van der Waals surface area contributed by atoms with E-state index in [1.165, 1.54) is 12.1 Å². The molecule has 29 heavy (non-hydrogen) atoms. The van der Waals surface area contributed by atoms with Crippen LogP contribution in [0.5, 0.6) is 0 Å². The van der Waals surface area contributed by atoms with Crippen LogP contribution in [-0.2, 0) is 18.9 Å². The lowest BCUT2D eigenvalue weighted by molar-refractivity contribution is -0.142. The van der Waals surface area contributed by atoms with E-state index >= 15 is 0 Å². The molecule has 8 heteroatoms. The topological polar surface area (TPSA) is 24.9 Å². The van der Waals surface area contributed by atoms with Crippen LogP contribution >= 0.6 is 0 Å². The van der Waals surface area contributed by atoms with Crippen molar-refractivity contribution in [3.63, 3.8) is 0 Å². The number of benzene rings is 2. The zero-order valence-electron chi connectivity index (χ0n) is 15.4. The molecular formula is C21H18F6N2. The van der Waals surface area contributed by atoms with Gasteiger partial charge in [-0.05, 0) is 29.2 Å². The van der Waals surface area contributed by atoms with Crippen molar-refractivity contribution in [1.82, 2.24) is 10.3 Å². The number of fused-ring (bicyclic) bond motifs is 1. The van der Waals surface area contributed by atoms with E-state index in [1.54, 1.807) is 6.92 Å². The molecule has 1 unspecified atom stereocenters. The third-order valence-corrected chi connectivity index (χ3v) is 4.62. The number of para-hydroxylation sites is 1. The van der Waals surface area contributed by atoms with E-state index in [9.17, 15) is 26.3 Å². The predicted octanol–water partition coefficient (Wildman–Crippen LogP) is 6.17. The van der Waals surface area contributed by atoms with Gasteiger partial charge in [-0.1, -0.05) is 49.4 Å². The average Bonchev–Trinajstić information content (AvgIpc) is 2.66. The van der Waals surface area contributed by atoms with Crippen molar-refractivity contribution < 1.29 is 26.3 Å². The van der Waals surface area contributed by atoms with E-state index in [0.717, 1.165) is 17.7 Å².